The smallest absolute Gasteiger partial charge is 0.408 e. The van der Waals surface area contributed by atoms with E-state index in [0.29, 0.717) is 6.42 Å². The Labute approximate surface area is 330 Å². The fraction of sp³-hybridized carbons (Fsp3) is 0.429. The Morgan fingerprint density at radius 1 is 0.636 bits per heavy atom. The van der Waals surface area contributed by atoms with Crippen LogP contribution >= 0.6 is 0 Å². The Morgan fingerprint density at radius 3 is 1.45 bits per heavy atom. The van der Waals surface area contributed by atoms with Crippen molar-refractivity contribution in [3.8, 4) is 0 Å². The number of hydrogen-bond acceptors (Lipinski definition) is 5. The normalized spacial score (nSPS) is 14.2. The van der Waals surface area contributed by atoms with Crippen LogP contribution in [-0.2, 0) is 10.2 Å². The van der Waals surface area contributed by atoms with Crippen molar-refractivity contribution in [3.63, 3.8) is 0 Å². The van der Waals surface area contributed by atoms with Gasteiger partial charge >= 0.3 is 6.09 Å². The Bertz CT molecular complexity index is 1620. The highest BCUT2D eigenvalue weighted by molar-refractivity contribution is 6.04. The van der Waals surface area contributed by atoms with Gasteiger partial charge in [0.25, 0.3) is 0 Å². The SMILES string of the molecule is CCCCCCCCCCCCC/C=C/[C@](O)(C(=O)c1ccccc1)[C@@H](NC(=O)OC(C)(C)C)C(O)C(c1ccccc1)(c1ccccc1)c1ccccc1. The standard InChI is InChI=1S/C49H63NO5/c1-5-6-7-8-9-10-11-12-13-14-15-16-29-38-48(54,44(51)39-30-21-17-22-31-39)43(50-46(53)55-47(2,3)4)45(52)49(40-32-23-18-24-33-40,41-34-25-19-26-35-41)42-36-27-20-28-37-42/h17-38,43,45,52,54H,5-16H2,1-4H3,(H,50,53)/b38-29+/t43-,45?,48+/m0/s1. The van der Waals surface area contributed by atoms with E-state index >= 15 is 0 Å². The number of aliphatic hydroxyl groups is 2. The molecule has 3 N–H and O–H groups in total. The lowest BCUT2D eigenvalue weighted by Crippen LogP contribution is -2.66. The molecule has 4 aromatic carbocycles. The number of amides is 1. The summed E-state index contributed by atoms with van der Waals surface area (Å²) in [4.78, 5) is 28.6. The molecule has 0 aliphatic heterocycles. The van der Waals surface area contributed by atoms with Crippen LogP contribution < -0.4 is 5.32 Å². The average molecular weight is 746 g/mol. The molecule has 0 saturated heterocycles. The maximum Gasteiger partial charge on any atom is 0.408 e. The second-order valence-electron chi connectivity index (χ2n) is 15.7. The first kappa shape index (κ1) is 43.2. The van der Waals surface area contributed by atoms with E-state index in [1.165, 1.54) is 57.4 Å². The van der Waals surface area contributed by atoms with Crippen LogP contribution in [0.15, 0.2) is 133 Å². The molecule has 55 heavy (non-hydrogen) atoms. The third-order valence-corrected chi connectivity index (χ3v) is 10.3. The number of nitrogens with one attached hydrogen (secondary N) is 1. The first-order valence-corrected chi connectivity index (χ1v) is 20.4. The van der Waals surface area contributed by atoms with E-state index in [-0.39, 0.29) is 5.56 Å². The van der Waals surface area contributed by atoms with Gasteiger partial charge in [-0.25, -0.2) is 4.79 Å². The summed E-state index contributed by atoms with van der Waals surface area (Å²) in [6, 6.07) is 35.6. The third-order valence-electron chi connectivity index (χ3n) is 10.3. The first-order chi connectivity index (χ1) is 26.5. The van der Waals surface area contributed by atoms with Crippen LogP contribution in [-0.4, -0.2) is 45.4 Å². The number of ether oxygens (including phenoxy) is 1. The number of hydrogen-bond donors (Lipinski definition) is 3. The number of aliphatic hydroxyl groups excluding tert-OH is 1. The van der Waals surface area contributed by atoms with Crippen LogP contribution in [0, 0.1) is 0 Å². The van der Waals surface area contributed by atoms with Gasteiger partial charge in [-0.3, -0.25) is 4.79 Å². The van der Waals surface area contributed by atoms with Gasteiger partial charge in [-0.15, -0.1) is 0 Å². The number of ketones is 1. The van der Waals surface area contributed by atoms with Gasteiger partial charge in [0.2, 0.25) is 5.78 Å². The highest BCUT2D eigenvalue weighted by Crippen LogP contribution is 2.45. The second-order valence-corrected chi connectivity index (χ2v) is 15.7. The molecule has 1 amide bonds. The molecule has 3 atom stereocenters. The van der Waals surface area contributed by atoms with Gasteiger partial charge in [0.15, 0.2) is 5.60 Å². The van der Waals surface area contributed by atoms with Crippen molar-refractivity contribution in [1.82, 2.24) is 5.32 Å². The number of allylic oxidation sites excluding steroid dienone is 1. The molecule has 0 aliphatic rings. The molecule has 0 aromatic heterocycles. The van der Waals surface area contributed by atoms with Gasteiger partial charge < -0.3 is 20.3 Å². The minimum absolute atomic E-state index is 0.247. The number of Topliss-reactive ketones (excluding diaryl/α,β-unsaturated/α-hetero) is 1. The number of rotatable bonds is 22. The van der Waals surface area contributed by atoms with Gasteiger partial charge in [0.1, 0.15) is 5.60 Å². The molecule has 1 unspecified atom stereocenters. The summed E-state index contributed by atoms with van der Waals surface area (Å²) in [6.45, 7) is 7.48. The van der Waals surface area contributed by atoms with E-state index in [1.807, 2.05) is 97.1 Å². The van der Waals surface area contributed by atoms with Crippen LogP contribution in [0.2, 0.25) is 0 Å². The van der Waals surface area contributed by atoms with Crippen molar-refractivity contribution in [2.45, 2.75) is 134 Å². The van der Waals surface area contributed by atoms with Gasteiger partial charge in [-0.05, 0) is 56.4 Å². The molecule has 0 fully saturated rings. The summed E-state index contributed by atoms with van der Waals surface area (Å²) in [5.41, 5.74) is -2.24. The second kappa shape index (κ2) is 21.5. The molecule has 0 radical (unpaired) electrons. The zero-order valence-corrected chi connectivity index (χ0v) is 33.5. The molecular weight excluding hydrogens is 683 g/mol. The molecule has 6 heteroatoms. The molecule has 294 valence electrons. The van der Waals surface area contributed by atoms with Crippen molar-refractivity contribution in [2.24, 2.45) is 0 Å². The van der Waals surface area contributed by atoms with Crippen molar-refractivity contribution < 1.29 is 24.5 Å². The fourth-order valence-corrected chi connectivity index (χ4v) is 7.56. The summed E-state index contributed by atoms with van der Waals surface area (Å²) in [5, 5.41) is 29.1. The molecule has 0 heterocycles. The number of benzene rings is 4. The van der Waals surface area contributed by atoms with Crippen molar-refractivity contribution >= 4 is 11.9 Å². The molecular formula is C49H63NO5. The zero-order chi connectivity index (χ0) is 39.6. The van der Waals surface area contributed by atoms with Crippen molar-refractivity contribution in [1.29, 1.82) is 0 Å². The molecule has 0 saturated carbocycles. The average Bonchev–Trinajstić information content (AvgIpc) is 3.19. The van der Waals surface area contributed by atoms with E-state index < -0.39 is 40.6 Å². The minimum Gasteiger partial charge on any atom is -0.444 e. The van der Waals surface area contributed by atoms with Gasteiger partial charge in [0.05, 0.1) is 17.6 Å². The molecule has 0 bridgehead atoms. The summed E-state index contributed by atoms with van der Waals surface area (Å²) in [6.07, 6.45) is 14.8. The van der Waals surface area contributed by atoms with E-state index in [1.54, 1.807) is 51.1 Å². The lowest BCUT2D eigenvalue weighted by molar-refractivity contribution is -0.0241. The molecule has 4 aromatic rings. The third kappa shape index (κ3) is 12.0. The molecule has 4 rings (SSSR count). The minimum atomic E-state index is -2.39. The Hall–Kier alpha value is -4.52. The molecule has 0 aliphatic carbocycles. The topological polar surface area (TPSA) is 95.9 Å². The van der Waals surface area contributed by atoms with E-state index in [4.69, 9.17) is 4.74 Å². The Balaban J connectivity index is 1.77. The maximum absolute atomic E-state index is 14.8. The monoisotopic (exact) mass is 745 g/mol. The highest BCUT2D eigenvalue weighted by Gasteiger charge is 2.55. The van der Waals surface area contributed by atoms with E-state index in [0.717, 1.165) is 36.0 Å². The van der Waals surface area contributed by atoms with Gasteiger partial charge in [-0.1, -0.05) is 199 Å². The number of alkyl carbamates (subject to hydrolysis) is 1. The lowest BCUT2D eigenvalue weighted by atomic mass is 9.61. The van der Waals surface area contributed by atoms with Crippen LogP contribution in [0.3, 0.4) is 0 Å². The zero-order valence-electron chi connectivity index (χ0n) is 33.5. The van der Waals surface area contributed by atoms with Crippen LogP contribution in [0.1, 0.15) is 132 Å². The van der Waals surface area contributed by atoms with Gasteiger partial charge in [0, 0.05) is 5.56 Å². The number of carbonyl (C=O) groups is 2. The van der Waals surface area contributed by atoms with Gasteiger partial charge in [-0.2, -0.15) is 0 Å². The summed E-state index contributed by atoms with van der Waals surface area (Å²) >= 11 is 0. The predicted molar refractivity (Wildman–Crippen MR) is 224 cm³/mol. The Morgan fingerprint density at radius 2 is 1.04 bits per heavy atom. The van der Waals surface area contributed by atoms with Crippen molar-refractivity contribution in [2.75, 3.05) is 0 Å². The van der Waals surface area contributed by atoms with E-state index in [9.17, 15) is 19.8 Å². The van der Waals surface area contributed by atoms with Crippen LogP contribution in [0.4, 0.5) is 4.79 Å². The van der Waals surface area contributed by atoms with E-state index in [2.05, 4.69) is 12.2 Å². The number of unbranched alkanes of at least 4 members (excludes halogenated alkanes) is 11. The first-order valence-electron chi connectivity index (χ1n) is 20.4. The largest absolute Gasteiger partial charge is 0.444 e. The summed E-state index contributed by atoms with van der Waals surface area (Å²) in [5.74, 6) is -0.647. The molecule has 0 spiro atoms. The van der Waals surface area contributed by atoms with Crippen LogP contribution in [0.25, 0.3) is 0 Å². The molecule has 6 nitrogen and oxygen atoms in total. The fourth-order valence-electron chi connectivity index (χ4n) is 7.56. The highest BCUT2D eigenvalue weighted by atomic mass is 16.6. The number of carbonyl (C=O) groups excluding carboxylic acids is 2. The summed E-state index contributed by atoms with van der Waals surface area (Å²) < 4.78 is 5.74. The lowest BCUT2D eigenvalue weighted by Gasteiger charge is -2.47. The van der Waals surface area contributed by atoms with Crippen molar-refractivity contribution in [3.05, 3.63) is 156 Å². The van der Waals surface area contributed by atoms with Crippen LogP contribution in [0.5, 0.6) is 0 Å². The maximum atomic E-state index is 14.8. The predicted octanol–water partition coefficient (Wildman–Crippen LogP) is 11.1. The summed E-state index contributed by atoms with van der Waals surface area (Å²) in [7, 11) is 0. The quantitative estimate of drug-likeness (QED) is 0.0322. The Kier molecular flexibility index (Phi) is 16.9.